The van der Waals surface area contributed by atoms with E-state index >= 15 is 0 Å². The molecule has 1 aliphatic rings. The highest BCUT2D eigenvalue weighted by molar-refractivity contribution is 14.1. The molecule has 0 aromatic carbocycles. The van der Waals surface area contributed by atoms with E-state index in [2.05, 4.69) is 0 Å². The number of carbonyl (C=O) groups is 1. The highest BCUT2D eigenvalue weighted by Gasteiger charge is 2.32. The van der Waals surface area contributed by atoms with Crippen LogP contribution in [0, 0.1) is 0 Å². The molecule has 0 aliphatic carbocycles. The lowest BCUT2D eigenvalue weighted by Crippen LogP contribution is -2.49. The van der Waals surface area contributed by atoms with Gasteiger partial charge in [0.05, 0.1) is 6.54 Å². The lowest BCUT2D eigenvalue weighted by Gasteiger charge is -2.33. The molecule has 1 heterocycles. The van der Waals surface area contributed by atoms with Crippen molar-refractivity contribution in [2.45, 2.75) is 31.7 Å². The van der Waals surface area contributed by atoms with Crippen LogP contribution >= 0.6 is 23.0 Å². The van der Waals surface area contributed by atoms with Gasteiger partial charge in [0.1, 0.15) is 41.4 Å². The van der Waals surface area contributed by atoms with E-state index in [1.165, 1.54) is 11.8 Å². The number of aliphatic hydroxyl groups is 1. The first-order valence-corrected chi connectivity index (χ1v) is 5.32. The Morgan fingerprint density at radius 3 is 2.86 bits per heavy atom. The minimum atomic E-state index is -1.16. The van der Waals surface area contributed by atoms with Crippen LogP contribution in [0.25, 0.3) is 0 Å². The molecule has 0 spiro atoms. The van der Waals surface area contributed by atoms with Gasteiger partial charge in [0.25, 0.3) is 5.91 Å². The van der Waals surface area contributed by atoms with Crippen molar-refractivity contribution >= 4 is 28.9 Å². The number of hydrogen-bond donors (Lipinski definition) is 1. The van der Waals surface area contributed by atoms with E-state index in [0.29, 0.717) is 13.0 Å². The molecule has 0 unspecified atom stereocenters. The molecule has 1 amide bonds. The Labute approximate surface area is 96.1 Å². The molecule has 1 aliphatic heterocycles. The number of carbonyl (C=O) groups excluding carboxylic acids is 1. The Hall–Kier alpha value is 0.0500. The van der Waals surface area contributed by atoms with E-state index in [1.807, 2.05) is 0 Å². The van der Waals surface area contributed by atoms with Gasteiger partial charge in [0.2, 0.25) is 0 Å². The molecule has 1 N–H and O–H groups in total. The molecule has 1 fully saturated rings. The van der Waals surface area contributed by atoms with Crippen molar-refractivity contribution in [2.75, 3.05) is 13.1 Å². The van der Waals surface area contributed by atoms with Gasteiger partial charge in [0.15, 0.2) is 0 Å². The summed E-state index contributed by atoms with van der Waals surface area (Å²) in [5, 5.41) is 9.04. The summed E-state index contributed by atoms with van der Waals surface area (Å²) >= 11 is 1.67. The molecule has 82 valence electrons. The summed E-state index contributed by atoms with van der Waals surface area (Å²) < 4.78 is 18.2. The second kappa shape index (κ2) is 5.22. The predicted octanol–water partition coefficient (Wildman–Crippen LogP) is 0.673. The topological polar surface area (TPSA) is 49.8 Å². The van der Waals surface area contributed by atoms with Crippen LogP contribution in [0.3, 0.4) is 0 Å². The number of rotatable bonds is 2. The van der Waals surface area contributed by atoms with Crippen molar-refractivity contribution in [1.29, 1.82) is 0 Å². The van der Waals surface area contributed by atoms with Crippen LogP contribution in [0.2, 0.25) is 0 Å². The van der Waals surface area contributed by atoms with E-state index in [4.69, 9.17) is 8.17 Å². The van der Waals surface area contributed by atoms with Gasteiger partial charge in [-0.05, 0) is 13.3 Å². The molecule has 0 bridgehead atoms. The van der Waals surface area contributed by atoms with Crippen LogP contribution in [0.4, 0.5) is 4.39 Å². The molecule has 14 heavy (non-hydrogen) atoms. The predicted molar refractivity (Wildman–Crippen MR) is 56.7 cm³/mol. The standard InChI is InChI=1S/C8H13FINO3/c1-5(12)8(13)11-3-2-7(14-10)6(9)4-11/h5-7,12H,2-4H2,1H3/t5-,6+,7-/m0/s1. The Morgan fingerprint density at radius 2 is 2.43 bits per heavy atom. The summed E-state index contributed by atoms with van der Waals surface area (Å²) in [6.45, 7) is 1.84. The third-order valence-electron chi connectivity index (χ3n) is 2.27. The largest absolute Gasteiger partial charge is 0.384 e. The molecule has 0 saturated carbocycles. The third kappa shape index (κ3) is 2.77. The molecule has 0 aromatic rings. The van der Waals surface area contributed by atoms with E-state index in [0.717, 1.165) is 0 Å². The normalized spacial score (nSPS) is 30.1. The SMILES string of the molecule is C[C@H](O)C(=O)N1CC[C@H](OI)[C@H](F)C1. The molecule has 0 aromatic heterocycles. The minimum absolute atomic E-state index is 0.0113. The number of nitrogens with zero attached hydrogens (tertiary/aromatic N) is 1. The number of halogens is 2. The molecule has 1 rings (SSSR count). The highest BCUT2D eigenvalue weighted by atomic mass is 127. The van der Waals surface area contributed by atoms with E-state index in [-0.39, 0.29) is 6.54 Å². The number of aliphatic hydroxyl groups excluding tert-OH is 1. The number of hydrogen-bond acceptors (Lipinski definition) is 3. The second-order valence-corrected chi connectivity index (χ2v) is 3.90. The lowest BCUT2D eigenvalue weighted by atomic mass is 10.1. The van der Waals surface area contributed by atoms with Crippen LogP contribution < -0.4 is 0 Å². The smallest absolute Gasteiger partial charge is 0.251 e. The van der Waals surface area contributed by atoms with Crippen LogP contribution in [0.5, 0.6) is 0 Å². The summed E-state index contributed by atoms with van der Waals surface area (Å²) in [6, 6.07) is 0. The fourth-order valence-electron chi connectivity index (χ4n) is 1.45. The molecule has 3 atom stereocenters. The van der Waals surface area contributed by atoms with Crippen molar-refractivity contribution in [3.8, 4) is 0 Å². The minimum Gasteiger partial charge on any atom is -0.384 e. The molecular weight excluding hydrogens is 304 g/mol. The lowest BCUT2D eigenvalue weighted by molar-refractivity contribution is -0.142. The number of likely N-dealkylation sites (tertiary alicyclic amines) is 1. The first-order chi connectivity index (χ1) is 6.56. The molecule has 4 nitrogen and oxygen atoms in total. The van der Waals surface area contributed by atoms with Crippen LogP contribution in [-0.2, 0) is 7.86 Å². The maximum absolute atomic E-state index is 13.3. The summed E-state index contributed by atoms with van der Waals surface area (Å²) in [4.78, 5) is 12.6. The zero-order valence-corrected chi connectivity index (χ0v) is 9.98. The van der Waals surface area contributed by atoms with Crippen molar-refractivity contribution in [3.63, 3.8) is 0 Å². The van der Waals surface area contributed by atoms with Gasteiger partial charge in [-0.3, -0.25) is 4.79 Å². The monoisotopic (exact) mass is 317 g/mol. The van der Waals surface area contributed by atoms with Gasteiger partial charge >= 0.3 is 0 Å². The Balaban J connectivity index is 2.50. The second-order valence-electron chi connectivity index (χ2n) is 3.39. The number of alkyl halides is 1. The summed E-state index contributed by atoms with van der Waals surface area (Å²) in [5.74, 6) is -0.417. The Kier molecular flexibility index (Phi) is 4.52. The van der Waals surface area contributed by atoms with Gasteiger partial charge < -0.3 is 13.1 Å². The first kappa shape index (κ1) is 12.1. The first-order valence-electron chi connectivity index (χ1n) is 4.44. The quantitative estimate of drug-likeness (QED) is 0.762. The van der Waals surface area contributed by atoms with E-state index < -0.39 is 24.3 Å². The fraction of sp³-hybridized carbons (Fsp3) is 0.875. The maximum Gasteiger partial charge on any atom is 0.251 e. The highest BCUT2D eigenvalue weighted by Crippen LogP contribution is 2.19. The van der Waals surface area contributed by atoms with Crippen molar-refractivity contribution < 1.29 is 17.4 Å². The van der Waals surface area contributed by atoms with Gasteiger partial charge in [-0.2, -0.15) is 0 Å². The maximum atomic E-state index is 13.3. The molecular formula is C8H13FINO3. The average Bonchev–Trinajstić information content (AvgIpc) is 2.16. The number of piperidine rings is 1. The number of amides is 1. The average molecular weight is 317 g/mol. The van der Waals surface area contributed by atoms with E-state index in [9.17, 15) is 9.18 Å². The van der Waals surface area contributed by atoms with E-state index in [1.54, 1.807) is 23.0 Å². The van der Waals surface area contributed by atoms with Gasteiger partial charge in [-0.25, -0.2) is 4.39 Å². The van der Waals surface area contributed by atoms with Gasteiger partial charge in [-0.1, -0.05) is 0 Å². The zero-order valence-electron chi connectivity index (χ0n) is 7.82. The molecule has 1 saturated heterocycles. The van der Waals surface area contributed by atoms with Crippen molar-refractivity contribution in [2.24, 2.45) is 0 Å². The van der Waals surface area contributed by atoms with Crippen molar-refractivity contribution in [3.05, 3.63) is 0 Å². The third-order valence-corrected chi connectivity index (χ3v) is 2.92. The Morgan fingerprint density at radius 1 is 1.79 bits per heavy atom. The summed E-state index contributed by atoms with van der Waals surface area (Å²) in [5.41, 5.74) is 0. The fourth-order valence-corrected chi connectivity index (χ4v) is 2.02. The summed E-state index contributed by atoms with van der Waals surface area (Å²) in [7, 11) is 0. The van der Waals surface area contributed by atoms with Crippen LogP contribution in [0.1, 0.15) is 13.3 Å². The zero-order chi connectivity index (χ0) is 10.7. The Bertz CT molecular complexity index is 215. The van der Waals surface area contributed by atoms with Gasteiger partial charge in [-0.15, -0.1) is 0 Å². The molecule has 6 heteroatoms. The summed E-state index contributed by atoms with van der Waals surface area (Å²) in [6.07, 6.45) is -2.18. The van der Waals surface area contributed by atoms with Crippen LogP contribution in [0.15, 0.2) is 0 Å². The van der Waals surface area contributed by atoms with Crippen LogP contribution in [-0.4, -0.2) is 47.4 Å². The van der Waals surface area contributed by atoms with Crippen molar-refractivity contribution in [1.82, 2.24) is 4.90 Å². The van der Waals surface area contributed by atoms with Gasteiger partial charge in [0, 0.05) is 6.54 Å². The molecule has 0 radical (unpaired) electrons.